The summed E-state index contributed by atoms with van der Waals surface area (Å²) >= 11 is 1.79. The third-order valence-corrected chi connectivity index (χ3v) is 4.81. The SMILES string of the molecule is CCc1c(C)[nH]c(=O)c(N(C)C)c1CSc1cccc(C)c1. The van der Waals surface area contributed by atoms with Gasteiger partial charge in [-0.2, -0.15) is 0 Å². The van der Waals surface area contributed by atoms with E-state index in [1.807, 2.05) is 25.9 Å². The first-order valence-electron chi connectivity index (χ1n) is 7.55. The van der Waals surface area contributed by atoms with Crippen molar-refractivity contribution in [1.82, 2.24) is 4.98 Å². The molecule has 0 bridgehead atoms. The molecule has 1 heterocycles. The number of nitrogens with zero attached hydrogens (tertiary/aromatic N) is 1. The molecule has 0 aliphatic heterocycles. The van der Waals surface area contributed by atoms with Crippen LogP contribution in [-0.4, -0.2) is 19.1 Å². The van der Waals surface area contributed by atoms with Crippen LogP contribution in [0.25, 0.3) is 0 Å². The molecule has 0 amide bonds. The maximum atomic E-state index is 12.3. The molecule has 118 valence electrons. The number of thioether (sulfide) groups is 1. The third-order valence-electron chi connectivity index (χ3n) is 3.79. The van der Waals surface area contributed by atoms with Crippen molar-refractivity contribution in [3.63, 3.8) is 0 Å². The van der Waals surface area contributed by atoms with Gasteiger partial charge >= 0.3 is 0 Å². The molecule has 3 nitrogen and oxygen atoms in total. The lowest BCUT2D eigenvalue weighted by Crippen LogP contribution is -2.25. The van der Waals surface area contributed by atoms with Gasteiger partial charge in [0.05, 0.1) is 0 Å². The van der Waals surface area contributed by atoms with Gasteiger partial charge in [-0.1, -0.05) is 24.6 Å². The zero-order valence-corrected chi connectivity index (χ0v) is 14.8. The van der Waals surface area contributed by atoms with Crippen LogP contribution in [0.5, 0.6) is 0 Å². The van der Waals surface area contributed by atoms with Crippen LogP contribution < -0.4 is 10.5 Å². The number of benzene rings is 1. The Morgan fingerprint density at radius 3 is 2.50 bits per heavy atom. The van der Waals surface area contributed by atoms with Crippen molar-refractivity contribution in [2.45, 2.75) is 37.8 Å². The second-order valence-electron chi connectivity index (χ2n) is 5.74. The number of aryl methyl sites for hydroxylation is 2. The number of rotatable bonds is 5. The van der Waals surface area contributed by atoms with Crippen molar-refractivity contribution in [3.05, 3.63) is 57.0 Å². The van der Waals surface area contributed by atoms with E-state index < -0.39 is 0 Å². The van der Waals surface area contributed by atoms with Gasteiger partial charge in [-0.05, 0) is 43.5 Å². The van der Waals surface area contributed by atoms with Crippen molar-refractivity contribution >= 4 is 17.4 Å². The molecule has 0 radical (unpaired) electrons. The van der Waals surface area contributed by atoms with Crippen LogP contribution >= 0.6 is 11.8 Å². The van der Waals surface area contributed by atoms with Gasteiger partial charge in [0.1, 0.15) is 5.69 Å². The molecule has 0 aliphatic rings. The topological polar surface area (TPSA) is 36.1 Å². The van der Waals surface area contributed by atoms with E-state index in [-0.39, 0.29) is 5.56 Å². The van der Waals surface area contributed by atoms with Gasteiger partial charge in [0.25, 0.3) is 5.56 Å². The molecule has 0 saturated heterocycles. The maximum Gasteiger partial charge on any atom is 0.271 e. The number of aromatic nitrogens is 1. The quantitative estimate of drug-likeness (QED) is 0.850. The minimum Gasteiger partial charge on any atom is -0.373 e. The van der Waals surface area contributed by atoms with Crippen LogP contribution in [0.3, 0.4) is 0 Å². The molecule has 1 aromatic heterocycles. The lowest BCUT2D eigenvalue weighted by molar-refractivity contribution is 0.966. The molecular weight excluding hydrogens is 292 g/mol. The number of aromatic amines is 1. The Bertz CT molecular complexity index is 720. The van der Waals surface area contributed by atoms with E-state index >= 15 is 0 Å². The van der Waals surface area contributed by atoms with Gasteiger partial charge in [-0.3, -0.25) is 4.79 Å². The Morgan fingerprint density at radius 1 is 1.18 bits per heavy atom. The van der Waals surface area contributed by atoms with Crippen molar-refractivity contribution < 1.29 is 0 Å². The van der Waals surface area contributed by atoms with Crippen molar-refractivity contribution in [1.29, 1.82) is 0 Å². The summed E-state index contributed by atoms with van der Waals surface area (Å²) in [4.78, 5) is 18.5. The van der Waals surface area contributed by atoms with E-state index in [0.29, 0.717) is 0 Å². The second-order valence-corrected chi connectivity index (χ2v) is 6.79. The first-order valence-corrected chi connectivity index (χ1v) is 8.54. The number of pyridine rings is 1. The predicted molar refractivity (Wildman–Crippen MR) is 96.2 cm³/mol. The Morgan fingerprint density at radius 2 is 1.91 bits per heavy atom. The number of hydrogen-bond acceptors (Lipinski definition) is 3. The largest absolute Gasteiger partial charge is 0.373 e. The third kappa shape index (κ3) is 3.55. The Hall–Kier alpha value is -1.68. The lowest BCUT2D eigenvalue weighted by Gasteiger charge is -2.20. The zero-order chi connectivity index (χ0) is 16.3. The average Bonchev–Trinajstić information content (AvgIpc) is 2.44. The molecule has 1 aromatic carbocycles. The van der Waals surface area contributed by atoms with E-state index in [9.17, 15) is 4.79 Å². The maximum absolute atomic E-state index is 12.3. The highest BCUT2D eigenvalue weighted by Gasteiger charge is 2.16. The van der Waals surface area contributed by atoms with Crippen molar-refractivity contribution in [2.24, 2.45) is 0 Å². The highest BCUT2D eigenvalue weighted by atomic mass is 32.2. The summed E-state index contributed by atoms with van der Waals surface area (Å²) in [6.07, 6.45) is 0.924. The summed E-state index contributed by atoms with van der Waals surface area (Å²) < 4.78 is 0. The van der Waals surface area contributed by atoms with Gasteiger partial charge < -0.3 is 9.88 Å². The minimum atomic E-state index is -0.000424. The highest BCUT2D eigenvalue weighted by Crippen LogP contribution is 2.30. The Kier molecular flexibility index (Phi) is 5.35. The highest BCUT2D eigenvalue weighted by molar-refractivity contribution is 7.98. The fourth-order valence-electron chi connectivity index (χ4n) is 2.78. The fourth-order valence-corrected chi connectivity index (χ4v) is 3.84. The van der Waals surface area contributed by atoms with Crippen LogP contribution in [0.2, 0.25) is 0 Å². The number of anilines is 1. The molecule has 22 heavy (non-hydrogen) atoms. The predicted octanol–water partition coefficient (Wildman–Crippen LogP) is 3.91. The molecule has 0 saturated carbocycles. The van der Waals surface area contributed by atoms with Crippen LogP contribution in [0.1, 0.15) is 29.3 Å². The van der Waals surface area contributed by atoms with Gasteiger partial charge in [-0.15, -0.1) is 11.8 Å². The van der Waals surface area contributed by atoms with E-state index in [1.165, 1.54) is 16.0 Å². The first-order chi connectivity index (χ1) is 10.4. The monoisotopic (exact) mass is 316 g/mol. The average molecular weight is 316 g/mol. The van der Waals surface area contributed by atoms with Gasteiger partial charge in [0, 0.05) is 30.4 Å². The number of hydrogen-bond donors (Lipinski definition) is 1. The number of H-pyrrole nitrogens is 1. The van der Waals surface area contributed by atoms with Crippen molar-refractivity contribution in [3.8, 4) is 0 Å². The van der Waals surface area contributed by atoms with E-state index in [1.54, 1.807) is 11.8 Å². The smallest absolute Gasteiger partial charge is 0.271 e. The first kappa shape index (κ1) is 16.7. The summed E-state index contributed by atoms with van der Waals surface area (Å²) in [5.74, 6) is 0.810. The zero-order valence-electron chi connectivity index (χ0n) is 14.0. The molecule has 0 aliphatic carbocycles. The summed E-state index contributed by atoms with van der Waals surface area (Å²) in [5.41, 5.74) is 5.43. The van der Waals surface area contributed by atoms with E-state index in [0.717, 1.165) is 29.1 Å². The van der Waals surface area contributed by atoms with Gasteiger partial charge in [0.15, 0.2) is 0 Å². The molecule has 2 rings (SSSR count). The number of nitrogens with one attached hydrogen (secondary N) is 1. The lowest BCUT2D eigenvalue weighted by atomic mass is 10.0. The summed E-state index contributed by atoms with van der Waals surface area (Å²) in [5, 5.41) is 0. The molecule has 0 fully saturated rings. The van der Waals surface area contributed by atoms with E-state index in [4.69, 9.17) is 0 Å². The summed E-state index contributed by atoms with van der Waals surface area (Å²) in [6, 6.07) is 8.49. The molecule has 2 aromatic rings. The molecule has 0 spiro atoms. The minimum absolute atomic E-state index is 0.000424. The molecular formula is C18H24N2OS. The molecule has 0 unspecified atom stereocenters. The Balaban J connectivity index is 2.42. The van der Waals surface area contributed by atoms with Crippen LogP contribution in [0.15, 0.2) is 34.0 Å². The van der Waals surface area contributed by atoms with Crippen LogP contribution in [-0.2, 0) is 12.2 Å². The van der Waals surface area contributed by atoms with Crippen LogP contribution in [0.4, 0.5) is 5.69 Å². The molecule has 4 heteroatoms. The Labute approximate surface area is 136 Å². The molecule has 1 N–H and O–H groups in total. The van der Waals surface area contributed by atoms with Gasteiger partial charge in [0.2, 0.25) is 0 Å². The van der Waals surface area contributed by atoms with Gasteiger partial charge in [-0.25, -0.2) is 0 Å². The molecule has 0 atom stereocenters. The summed E-state index contributed by atoms with van der Waals surface area (Å²) in [7, 11) is 3.86. The van der Waals surface area contributed by atoms with E-state index in [2.05, 4.69) is 43.1 Å². The fraction of sp³-hybridized carbons (Fsp3) is 0.389. The van der Waals surface area contributed by atoms with Crippen molar-refractivity contribution in [2.75, 3.05) is 19.0 Å². The summed E-state index contributed by atoms with van der Waals surface area (Å²) in [6.45, 7) is 6.23. The van der Waals surface area contributed by atoms with Crippen LogP contribution in [0, 0.1) is 13.8 Å². The second kappa shape index (κ2) is 7.05. The standard InChI is InChI=1S/C18H24N2OS/c1-6-15-13(3)19-18(21)17(20(4)5)16(15)11-22-14-9-7-8-12(2)10-14/h7-10H,6,11H2,1-5H3,(H,19,21). The normalized spacial score (nSPS) is 10.8.